The number of unbranched alkanes of at least 4 members (excludes halogenated alkanes) is 13. The van der Waals surface area contributed by atoms with E-state index in [9.17, 15) is 8.42 Å². The predicted octanol–water partition coefficient (Wildman–Crippen LogP) is 4.94. The van der Waals surface area contributed by atoms with Gasteiger partial charge >= 0.3 is 0 Å². The minimum Gasteiger partial charge on any atom is -0.319 e. The van der Waals surface area contributed by atoms with Crippen LogP contribution in [-0.2, 0) is 17.1 Å². The molecule has 0 atom stereocenters. The first-order valence-corrected chi connectivity index (χ1v) is 13.1. The molecule has 1 aromatic heterocycles. The zero-order chi connectivity index (χ0) is 21.4. The molecule has 1 heterocycles. The first-order valence-electron chi connectivity index (χ1n) is 11.5. The molecule has 0 radical (unpaired) electrons. The van der Waals surface area contributed by atoms with Crippen molar-refractivity contribution in [2.45, 2.75) is 104 Å². The predicted molar refractivity (Wildman–Crippen MR) is 121 cm³/mol. The van der Waals surface area contributed by atoms with Gasteiger partial charge < -0.3 is 4.57 Å². The number of hydrogen-bond acceptors (Lipinski definition) is 4. The molecule has 0 saturated heterocycles. The fourth-order valence-electron chi connectivity index (χ4n) is 3.32. The summed E-state index contributed by atoms with van der Waals surface area (Å²) in [5.74, 6) is 0.127. The van der Waals surface area contributed by atoms with Crippen molar-refractivity contribution in [1.82, 2.24) is 14.4 Å². The van der Waals surface area contributed by atoms with E-state index in [1.807, 2.05) is 6.92 Å². The van der Waals surface area contributed by atoms with Gasteiger partial charge in [-0.25, -0.2) is 18.2 Å². The molecular formula is C22H42N4O2S. The Bertz CT molecular complexity index is 714. The smallest absolute Gasteiger partial charge is 0.247 e. The summed E-state index contributed by atoms with van der Waals surface area (Å²) in [5, 5.41) is 4.01. The second kappa shape index (κ2) is 15.5. The van der Waals surface area contributed by atoms with Gasteiger partial charge in [0.05, 0.1) is 12.1 Å². The van der Waals surface area contributed by atoms with Crippen LogP contribution in [-0.4, -0.2) is 23.7 Å². The highest BCUT2D eigenvalue weighted by Crippen LogP contribution is 2.13. The Balaban J connectivity index is 2.03. The molecule has 1 N–H and O–H groups in total. The topological polar surface area (TPSA) is 76.3 Å². The van der Waals surface area contributed by atoms with Crippen molar-refractivity contribution in [3.63, 3.8) is 0 Å². The summed E-state index contributed by atoms with van der Waals surface area (Å²) in [6.45, 7) is 4.11. The third kappa shape index (κ3) is 13.5. The van der Waals surface area contributed by atoms with Crippen molar-refractivity contribution < 1.29 is 8.42 Å². The fraction of sp³-hybridized carbons (Fsp3) is 0.818. The van der Waals surface area contributed by atoms with Gasteiger partial charge in [0.15, 0.2) is 5.49 Å². The van der Waals surface area contributed by atoms with Crippen molar-refractivity contribution in [3.05, 3.63) is 23.6 Å². The second-order valence-corrected chi connectivity index (χ2v) is 9.94. The Kier molecular flexibility index (Phi) is 13.7. The van der Waals surface area contributed by atoms with Crippen LogP contribution in [0.4, 0.5) is 0 Å². The molecule has 0 fully saturated rings. The van der Waals surface area contributed by atoms with Crippen molar-refractivity contribution in [2.75, 3.05) is 5.75 Å². The Labute approximate surface area is 178 Å². The molecule has 0 aliphatic carbocycles. The maximum atomic E-state index is 12.1. The summed E-state index contributed by atoms with van der Waals surface area (Å²) in [6.07, 6.45) is 19.2. The van der Waals surface area contributed by atoms with Crippen LogP contribution in [0.1, 0.15) is 103 Å². The molecule has 0 bridgehead atoms. The van der Waals surface area contributed by atoms with Crippen molar-refractivity contribution >= 4 is 10.0 Å². The van der Waals surface area contributed by atoms with Gasteiger partial charge in [-0.1, -0.05) is 90.4 Å². The molecule has 6 nitrogen and oxygen atoms in total. The molecule has 0 aromatic carbocycles. The Hall–Kier alpha value is -1.37. The number of hydrogen-bond donors (Lipinski definition) is 1. The van der Waals surface area contributed by atoms with Crippen LogP contribution in [0.5, 0.6) is 0 Å². The van der Waals surface area contributed by atoms with Crippen LogP contribution in [0, 0.1) is 6.92 Å². The molecule has 1 rings (SSSR count). The van der Waals surface area contributed by atoms with Gasteiger partial charge in [-0.3, -0.25) is 0 Å². The molecule has 0 saturated carbocycles. The highest BCUT2D eigenvalue weighted by atomic mass is 32.2. The maximum absolute atomic E-state index is 12.1. The Morgan fingerprint density at radius 2 is 1.38 bits per heavy atom. The first-order chi connectivity index (χ1) is 13.9. The third-order valence-electron chi connectivity index (χ3n) is 5.20. The number of nitrogens with one attached hydrogen (secondary N) is 1. The summed E-state index contributed by atoms with van der Waals surface area (Å²) < 4.78 is 25.9. The molecule has 0 aliphatic heterocycles. The van der Waals surface area contributed by atoms with E-state index < -0.39 is 10.0 Å². The highest BCUT2D eigenvalue weighted by Gasteiger charge is 2.08. The zero-order valence-corrected chi connectivity index (χ0v) is 19.6. The minimum absolute atomic E-state index is 0.127. The van der Waals surface area contributed by atoms with Crippen molar-refractivity contribution in [3.8, 4) is 0 Å². The van der Waals surface area contributed by atoms with E-state index in [0.29, 0.717) is 11.9 Å². The molecule has 0 unspecified atom stereocenters. The van der Waals surface area contributed by atoms with Crippen LogP contribution < -0.4 is 10.3 Å². The zero-order valence-electron chi connectivity index (χ0n) is 18.8. The standard InChI is InChI=1S/C22H42N4O2S/c1-4-5-6-7-8-9-10-11-12-13-14-15-16-17-18-29(27,28)25-24-22-19-21(2)23-20-26(22)3/h19-20,25H,4-18H2,1-3H3/b24-22-. The second-order valence-electron chi connectivity index (χ2n) is 8.12. The molecule has 29 heavy (non-hydrogen) atoms. The average Bonchev–Trinajstić information content (AvgIpc) is 2.69. The van der Waals surface area contributed by atoms with Crippen LogP contribution in [0.15, 0.2) is 17.5 Å². The van der Waals surface area contributed by atoms with Crippen LogP contribution in [0.25, 0.3) is 0 Å². The first kappa shape index (κ1) is 25.7. The molecular weight excluding hydrogens is 384 g/mol. The monoisotopic (exact) mass is 426 g/mol. The van der Waals surface area contributed by atoms with Crippen LogP contribution in [0.3, 0.4) is 0 Å². The van der Waals surface area contributed by atoms with Gasteiger partial charge in [0.25, 0.3) is 0 Å². The summed E-state index contributed by atoms with van der Waals surface area (Å²) in [6, 6.07) is 1.75. The lowest BCUT2D eigenvalue weighted by Crippen LogP contribution is -2.28. The van der Waals surface area contributed by atoms with E-state index in [1.165, 1.54) is 70.6 Å². The number of rotatable bonds is 17. The lowest BCUT2D eigenvalue weighted by Gasteiger charge is -2.05. The van der Waals surface area contributed by atoms with Crippen LogP contribution >= 0.6 is 0 Å². The van der Waals surface area contributed by atoms with Gasteiger partial charge in [0.2, 0.25) is 10.0 Å². The van der Waals surface area contributed by atoms with E-state index in [-0.39, 0.29) is 5.75 Å². The van der Waals surface area contributed by atoms with E-state index in [0.717, 1.165) is 18.5 Å². The van der Waals surface area contributed by atoms with E-state index >= 15 is 0 Å². The number of sulfonamides is 1. The maximum Gasteiger partial charge on any atom is 0.247 e. The molecule has 168 valence electrons. The molecule has 1 aromatic rings. The normalized spacial score (nSPS) is 12.4. The Morgan fingerprint density at radius 1 is 0.897 bits per heavy atom. The molecule has 0 amide bonds. The van der Waals surface area contributed by atoms with Crippen LogP contribution in [0.2, 0.25) is 0 Å². The van der Waals surface area contributed by atoms with E-state index in [1.54, 1.807) is 24.0 Å². The minimum atomic E-state index is -3.38. The van der Waals surface area contributed by atoms with Gasteiger partial charge in [-0.2, -0.15) is 0 Å². The number of nitrogens with zero attached hydrogens (tertiary/aromatic N) is 3. The fourth-order valence-corrected chi connectivity index (χ4v) is 4.23. The summed E-state index contributed by atoms with van der Waals surface area (Å²) in [4.78, 5) is 6.47. The van der Waals surface area contributed by atoms with Crippen molar-refractivity contribution in [1.29, 1.82) is 0 Å². The lowest BCUT2D eigenvalue weighted by molar-refractivity contribution is 0.536. The summed E-state index contributed by atoms with van der Waals surface area (Å²) >= 11 is 0. The van der Waals surface area contributed by atoms with Gasteiger partial charge in [0.1, 0.15) is 0 Å². The Morgan fingerprint density at radius 3 is 1.90 bits per heavy atom. The largest absolute Gasteiger partial charge is 0.319 e. The molecule has 7 heteroatoms. The van der Waals surface area contributed by atoms with Crippen molar-refractivity contribution in [2.24, 2.45) is 12.1 Å². The van der Waals surface area contributed by atoms with E-state index in [2.05, 4.69) is 21.8 Å². The van der Waals surface area contributed by atoms with E-state index in [4.69, 9.17) is 0 Å². The third-order valence-corrected chi connectivity index (χ3v) is 6.40. The number of aryl methyl sites for hydroxylation is 2. The molecule has 0 aliphatic rings. The summed E-state index contributed by atoms with van der Waals surface area (Å²) in [5.41, 5.74) is 1.34. The number of aromatic nitrogens is 2. The van der Waals surface area contributed by atoms with Gasteiger partial charge in [-0.15, -0.1) is 5.10 Å². The van der Waals surface area contributed by atoms with Gasteiger partial charge in [-0.05, 0) is 13.3 Å². The highest BCUT2D eigenvalue weighted by molar-refractivity contribution is 7.89. The van der Waals surface area contributed by atoms with Gasteiger partial charge in [0, 0.05) is 18.8 Å². The molecule has 0 spiro atoms. The SMILES string of the molecule is CCCCCCCCCCCCCCCCS(=O)(=O)N/N=c1/cc(C)ncn1C. The quantitative estimate of drug-likeness (QED) is 0.283. The lowest BCUT2D eigenvalue weighted by atomic mass is 10.0. The average molecular weight is 427 g/mol. The summed E-state index contributed by atoms with van der Waals surface area (Å²) in [7, 11) is -1.59.